The fourth-order valence-electron chi connectivity index (χ4n) is 2.23. The average Bonchev–Trinajstić information content (AvgIpc) is 2.67. The van der Waals surface area contributed by atoms with Crippen molar-refractivity contribution in [2.75, 3.05) is 19.8 Å². The van der Waals surface area contributed by atoms with Crippen LogP contribution >= 0.6 is 0 Å². The molecule has 0 amide bonds. The molecular formula is C18H29NO2. The summed E-state index contributed by atoms with van der Waals surface area (Å²) >= 11 is 0. The van der Waals surface area contributed by atoms with Gasteiger partial charge in [-0.25, -0.2) is 0 Å². The van der Waals surface area contributed by atoms with E-state index in [4.69, 9.17) is 9.47 Å². The van der Waals surface area contributed by atoms with E-state index in [1.54, 1.807) is 0 Å². The van der Waals surface area contributed by atoms with Crippen LogP contribution in [0.15, 0.2) is 18.2 Å². The minimum absolute atomic E-state index is 0.312. The van der Waals surface area contributed by atoms with E-state index < -0.39 is 0 Å². The molecule has 21 heavy (non-hydrogen) atoms. The van der Waals surface area contributed by atoms with Crippen molar-refractivity contribution in [1.82, 2.24) is 5.32 Å². The van der Waals surface area contributed by atoms with Crippen molar-refractivity contribution >= 4 is 0 Å². The Hall–Kier alpha value is -1.22. The zero-order valence-corrected chi connectivity index (χ0v) is 14.0. The molecule has 1 aromatic carbocycles. The molecule has 3 nitrogen and oxygen atoms in total. The molecule has 0 radical (unpaired) electrons. The lowest BCUT2D eigenvalue weighted by molar-refractivity contribution is 0.247. The lowest BCUT2D eigenvalue weighted by Crippen LogP contribution is -2.31. The van der Waals surface area contributed by atoms with Gasteiger partial charge in [0.25, 0.3) is 0 Å². The van der Waals surface area contributed by atoms with Gasteiger partial charge in [-0.1, -0.05) is 33.8 Å². The van der Waals surface area contributed by atoms with Crippen LogP contribution in [-0.2, 0) is 0 Å². The van der Waals surface area contributed by atoms with Crippen molar-refractivity contribution < 1.29 is 9.47 Å². The normalized spacial score (nSPS) is 18.0. The summed E-state index contributed by atoms with van der Waals surface area (Å²) in [6.45, 7) is 13.9. The van der Waals surface area contributed by atoms with Crippen molar-refractivity contribution in [2.45, 2.75) is 47.1 Å². The Morgan fingerprint density at radius 2 is 1.76 bits per heavy atom. The summed E-state index contributed by atoms with van der Waals surface area (Å²) in [5, 5.41) is 3.63. The van der Waals surface area contributed by atoms with Crippen molar-refractivity contribution in [3.05, 3.63) is 23.8 Å². The molecule has 1 aliphatic rings. The first-order valence-corrected chi connectivity index (χ1v) is 8.01. The maximum Gasteiger partial charge on any atom is 0.161 e. The lowest BCUT2D eigenvalue weighted by atomic mass is 9.82. The quantitative estimate of drug-likeness (QED) is 0.902. The number of hydrogen-bond donors (Lipinski definition) is 1. The fourth-order valence-corrected chi connectivity index (χ4v) is 2.23. The minimum Gasteiger partial charge on any atom is -0.490 e. The number of benzene rings is 1. The highest BCUT2D eigenvalue weighted by Gasteiger charge is 2.20. The van der Waals surface area contributed by atoms with E-state index in [9.17, 15) is 0 Å². The van der Waals surface area contributed by atoms with Crippen LogP contribution in [-0.4, -0.2) is 19.8 Å². The smallest absolute Gasteiger partial charge is 0.161 e. The molecular weight excluding hydrogens is 262 g/mol. The van der Waals surface area contributed by atoms with Crippen LogP contribution in [0.5, 0.6) is 11.5 Å². The molecule has 0 aromatic heterocycles. The van der Waals surface area contributed by atoms with Crippen LogP contribution in [0.1, 0.15) is 52.6 Å². The van der Waals surface area contributed by atoms with E-state index in [1.165, 1.54) is 5.56 Å². The predicted octanol–water partition coefficient (Wildman–Crippen LogP) is 4.18. The summed E-state index contributed by atoms with van der Waals surface area (Å²) in [5.41, 5.74) is 1.58. The predicted molar refractivity (Wildman–Crippen MR) is 87.1 cm³/mol. The van der Waals surface area contributed by atoms with Gasteiger partial charge in [0, 0.05) is 12.5 Å². The van der Waals surface area contributed by atoms with E-state index in [1.807, 2.05) is 6.07 Å². The molecule has 2 rings (SSSR count). The number of fused-ring (bicyclic) bond motifs is 1. The highest BCUT2D eigenvalue weighted by molar-refractivity contribution is 5.44. The summed E-state index contributed by atoms with van der Waals surface area (Å²) in [6.07, 6.45) is 0.945. The van der Waals surface area contributed by atoms with Gasteiger partial charge < -0.3 is 14.8 Å². The van der Waals surface area contributed by atoms with Crippen molar-refractivity contribution in [3.63, 3.8) is 0 Å². The number of nitrogens with one attached hydrogen (secondary N) is 1. The molecule has 0 aliphatic carbocycles. The second kappa shape index (κ2) is 6.69. The van der Waals surface area contributed by atoms with Gasteiger partial charge in [-0.15, -0.1) is 0 Å². The van der Waals surface area contributed by atoms with Crippen LogP contribution in [0.3, 0.4) is 0 Å². The molecule has 3 heteroatoms. The van der Waals surface area contributed by atoms with E-state index in [0.29, 0.717) is 17.4 Å². The van der Waals surface area contributed by atoms with E-state index in [0.717, 1.165) is 37.7 Å². The average molecular weight is 291 g/mol. The van der Waals surface area contributed by atoms with Gasteiger partial charge in [0.2, 0.25) is 0 Å². The Balaban J connectivity index is 1.99. The molecule has 1 aromatic rings. The van der Waals surface area contributed by atoms with E-state index >= 15 is 0 Å². The van der Waals surface area contributed by atoms with Gasteiger partial charge >= 0.3 is 0 Å². The second-order valence-electron chi connectivity index (χ2n) is 7.15. The van der Waals surface area contributed by atoms with Gasteiger partial charge in [-0.3, -0.25) is 0 Å². The fraction of sp³-hybridized carbons (Fsp3) is 0.667. The maximum absolute atomic E-state index is 5.77. The first-order chi connectivity index (χ1) is 9.88. The summed E-state index contributed by atoms with van der Waals surface area (Å²) in [5.74, 6) is 2.37. The van der Waals surface area contributed by atoms with Crippen LogP contribution < -0.4 is 14.8 Å². The highest BCUT2D eigenvalue weighted by Crippen LogP contribution is 2.32. The van der Waals surface area contributed by atoms with Gasteiger partial charge in [-0.05, 0) is 42.5 Å². The molecule has 0 saturated carbocycles. The van der Waals surface area contributed by atoms with Gasteiger partial charge in [0.05, 0.1) is 13.2 Å². The second-order valence-corrected chi connectivity index (χ2v) is 7.15. The molecule has 2 unspecified atom stereocenters. The number of hydrogen-bond acceptors (Lipinski definition) is 3. The van der Waals surface area contributed by atoms with Crippen molar-refractivity contribution in [3.8, 4) is 11.5 Å². The van der Waals surface area contributed by atoms with Crippen LogP contribution in [0.25, 0.3) is 0 Å². The Kier molecular flexibility index (Phi) is 5.15. The first-order valence-electron chi connectivity index (χ1n) is 8.01. The molecule has 0 bridgehead atoms. The summed E-state index contributed by atoms with van der Waals surface area (Å²) in [7, 11) is 0. The van der Waals surface area contributed by atoms with Gasteiger partial charge in [0.1, 0.15) is 0 Å². The minimum atomic E-state index is 0.312. The summed E-state index contributed by atoms with van der Waals surface area (Å²) in [4.78, 5) is 0. The lowest BCUT2D eigenvalue weighted by Gasteiger charge is -2.29. The van der Waals surface area contributed by atoms with Crippen molar-refractivity contribution in [2.24, 2.45) is 11.3 Å². The van der Waals surface area contributed by atoms with Gasteiger partial charge in [0.15, 0.2) is 11.5 Å². The third-order valence-electron chi connectivity index (χ3n) is 4.48. The van der Waals surface area contributed by atoms with Crippen LogP contribution in [0, 0.1) is 11.3 Å². The van der Waals surface area contributed by atoms with E-state index in [-0.39, 0.29) is 0 Å². The molecule has 1 N–H and O–H groups in total. The molecule has 0 spiro atoms. The maximum atomic E-state index is 5.77. The Bertz CT molecular complexity index is 465. The number of rotatable bonds is 4. The molecule has 1 heterocycles. The zero-order valence-electron chi connectivity index (χ0n) is 14.0. The SMILES string of the molecule is CC(NCC(C)C(C)(C)C)c1ccc2c(c1)OCCCO2. The topological polar surface area (TPSA) is 30.5 Å². The third-order valence-corrected chi connectivity index (χ3v) is 4.48. The molecule has 2 atom stereocenters. The Labute approximate surface area is 129 Å². The van der Waals surface area contributed by atoms with Gasteiger partial charge in [-0.2, -0.15) is 0 Å². The Morgan fingerprint density at radius 1 is 1.10 bits per heavy atom. The van der Waals surface area contributed by atoms with Crippen molar-refractivity contribution in [1.29, 1.82) is 0 Å². The third kappa shape index (κ3) is 4.37. The zero-order chi connectivity index (χ0) is 15.5. The highest BCUT2D eigenvalue weighted by atomic mass is 16.5. The monoisotopic (exact) mass is 291 g/mol. The first kappa shape index (κ1) is 16.2. The summed E-state index contributed by atoms with van der Waals surface area (Å²) in [6, 6.07) is 6.58. The number of ether oxygens (including phenoxy) is 2. The molecule has 0 fully saturated rings. The van der Waals surface area contributed by atoms with Crippen LogP contribution in [0.4, 0.5) is 0 Å². The summed E-state index contributed by atoms with van der Waals surface area (Å²) < 4.78 is 11.4. The largest absolute Gasteiger partial charge is 0.490 e. The Morgan fingerprint density at radius 3 is 2.43 bits per heavy atom. The molecule has 118 valence electrons. The molecule has 0 saturated heterocycles. The molecule has 1 aliphatic heterocycles. The van der Waals surface area contributed by atoms with E-state index in [2.05, 4.69) is 52.1 Å². The standard InChI is InChI=1S/C18H29NO2/c1-13(18(3,4)5)12-19-14(2)15-7-8-16-17(11-15)21-10-6-9-20-16/h7-8,11,13-14,19H,6,9-10,12H2,1-5H3. The van der Waals surface area contributed by atoms with Crippen LogP contribution in [0.2, 0.25) is 0 Å².